The minimum atomic E-state index is -0.655. The number of aryl methyl sites for hydroxylation is 1. The molecule has 0 aromatic carbocycles. The van der Waals surface area contributed by atoms with Gasteiger partial charge in [-0.15, -0.1) is 0 Å². The number of nitrogens with zero attached hydrogens (tertiary/aromatic N) is 1. The van der Waals surface area contributed by atoms with Crippen LogP contribution in [0.1, 0.15) is 54.3 Å². The van der Waals surface area contributed by atoms with E-state index in [1.807, 2.05) is 13.8 Å². The van der Waals surface area contributed by atoms with Crippen LogP contribution in [0.5, 0.6) is 0 Å². The number of pyridine rings is 1. The van der Waals surface area contributed by atoms with Crippen LogP contribution in [0, 0.1) is 0 Å². The van der Waals surface area contributed by atoms with Crippen molar-refractivity contribution in [3.8, 4) is 0 Å². The van der Waals surface area contributed by atoms with Crippen LogP contribution in [0.25, 0.3) is 0 Å². The normalized spacial score (nSPS) is 14.8. The van der Waals surface area contributed by atoms with Gasteiger partial charge in [-0.3, -0.25) is 9.59 Å². The average Bonchev–Trinajstić information content (AvgIpc) is 2.27. The van der Waals surface area contributed by atoms with Crippen molar-refractivity contribution in [2.45, 2.75) is 45.6 Å². The average molecular weight is 254 g/mol. The van der Waals surface area contributed by atoms with Gasteiger partial charge in [0.05, 0.1) is 5.56 Å². The van der Waals surface area contributed by atoms with Gasteiger partial charge in [0.1, 0.15) is 0 Å². The highest BCUT2D eigenvalue weighted by Crippen LogP contribution is 2.23. The van der Waals surface area contributed by atoms with Gasteiger partial charge in [0.2, 0.25) is 0 Å². The Balaban J connectivity index is 2.73. The van der Waals surface area contributed by atoms with Crippen molar-refractivity contribution in [2.24, 2.45) is 0 Å². The Morgan fingerprint density at radius 1 is 1.35 bits per heavy atom. The molecule has 0 spiro atoms. The minimum Gasteiger partial charge on any atom is -0.309 e. The lowest BCUT2D eigenvalue weighted by atomic mass is 9.94. The van der Waals surface area contributed by atoms with Gasteiger partial charge in [-0.1, -0.05) is 0 Å². The lowest BCUT2D eigenvalue weighted by Gasteiger charge is -2.24. The molecule has 0 atom stereocenters. The van der Waals surface area contributed by atoms with Gasteiger partial charge in [0.15, 0.2) is 0 Å². The summed E-state index contributed by atoms with van der Waals surface area (Å²) in [6, 6.07) is 1.75. The number of hydrogen-bond acceptors (Lipinski definition) is 2. The van der Waals surface area contributed by atoms with Crippen LogP contribution in [-0.4, -0.2) is 9.81 Å². The maximum atomic E-state index is 12.2. The van der Waals surface area contributed by atoms with E-state index in [0.29, 0.717) is 0 Å². The van der Waals surface area contributed by atoms with Crippen molar-refractivity contribution >= 4 is 16.8 Å². The third-order valence-electron chi connectivity index (χ3n) is 3.27. The Bertz CT molecular complexity index is 517. The molecular formula is C13H16ClNO2. The summed E-state index contributed by atoms with van der Waals surface area (Å²) in [7, 11) is 0. The number of halogens is 1. The summed E-state index contributed by atoms with van der Waals surface area (Å²) in [5.74, 6) is 0. The summed E-state index contributed by atoms with van der Waals surface area (Å²) in [4.78, 5) is 23.5. The first kappa shape index (κ1) is 12.4. The molecule has 0 aliphatic heterocycles. The highest BCUT2D eigenvalue weighted by Gasteiger charge is 2.21. The molecule has 17 heavy (non-hydrogen) atoms. The summed E-state index contributed by atoms with van der Waals surface area (Å²) in [5.41, 5.74) is 2.05. The third kappa shape index (κ3) is 2.16. The molecule has 1 aromatic heterocycles. The summed E-state index contributed by atoms with van der Waals surface area (Å²) in [6.45, 7) is 3.91. The number of carbonyl (C=O) groups is 1. The maximum absolute atomic E-state index is 12.2. The molecule has 92 valence electrons. The SMILES string of the molecule is CC(C)n1c2c(cc(C(=O)Cl)c1=O)CCCC2. The first-order valence-corrected chi connectivity index (χ1v) is 6.37. The van der Waals surface area contributed by atoms with Gasteiger partial charge in [0.25, 0.3) is 10.8 Å². The van der Waals surface area contributed by atoms with Crippen LogP contribution in [-0.2, 0) is 12.8 Å². The molecule has 0 amide bonds. The van der Waals surface area contributed by atoms with Crippen molar-refractivity contribution in [1.82, 2.24) is 4.57 Å². The Labute approximate surface area is 105 Å². The van der Waals surface area contributed by atoms with Gasteiger partial charge in [-0.2, -0.15) is 0 Å². The Morgan fingerprint density at radius 3 is 2.59 bits per heavy atom. The van der Waals surface area contributed by atoms with Gasteiger partial charge < -0.3 is 4.57 Å². The van der Waals surface area contributed by atoms with Crippen LogP contribution >= 0.6 is 11.6 Å². The van der Waals surface area contributed by atoms with E-state index >= 15 is 0 Å². The van der Waals surface area contributed by atoms with E-state index in [-0.39, 0.29) is 17.2 Å². The van der Waals surface area contributed by atoms with E-state index in [4.69, 9.17) is 11.6 Å². The Kier molecular flexibility index (Phi) is 3.38. The molecule has 1 heterocycles. The zero-order valence-corrected chi connectivity index (χ0v) is 10.9. The van der Waals surface area contributed by atoms with E-state index < -0.39 is 5.24 Å². The van der Waals surface area contributed by atoms with Crippen molar-refractivity contribution in [2.75, 3.05) is 0 Å². The largest absolute Gasteiger partial charge is 0.309 e. The predicted octanol–water partition coefficient (Wildman–Crippen LogP) is 2.69. The fourth-order valence-corrected chi connectivity index (χ4v) is 2.65. The van der Waals surface area contributed by atoms with Crippen LogP contribution < -0.4 is 5.56 Å². The smallest absolute Gasteiger partial charge is 0.263 e. The van der Waals surface area contributed by atoms with Crippen molar-refractivity contribution in [3.05, 3.63) is 33.2 Å². The molecule has 0 N–H and O–H groups in total. The van der Waals surface area contributed by atoms with Crippen molar-refractivity contribution in [3.63, 3.8) is 0 Å². The molecule has 0 unspecified atom stereocenters. The summed E-state index contributed by atoms with van der Waals surface area (Å²) >= 11 is 5.48. The summed E-state index contributed by atoms with van der Waals surface area (Å²) in [5, 5.41) is -0.655. The van der Waals surface area contributed by atoms with Crippen molar-refractivity contribution < 1.29 is 4.79 Å². The van der Waals surface area contributed by atoms with E-state index in [0.717, 1.165) is 36.9 Å². The molecule has 1 aliphatic rings. The van der Waals surface area contributed by atoms with Crippen molar-refractivity contribution in [1.29, 1.82) is 0 Å². The van der Waals surface area contributed by atoms with Crippen LogP contribution in [0.2, 0.25) is 0 Å². The highest BCUT2D eigenvalue weighted by atomic mass is 35.5. The Morgan fingerprint density at radius 2 is 2.00 bits per heavy atom. The molecule has 3 nitrogen and oxygen atoms in total. The summed E-state index contributed by atoms with van der Waals surface area (Å²) < 4.78 is 1.73. The van der Waals surface area contributed by atoms with E-state index in [9.17, 15) is 9.59 Å². The predicted molar refractivity (Wildman–Crippen MR) is 67.9 cm³/mol. The monoisotopic (exact) mass is 253 g/mol. The second-order valence-electron chi connectivity index (χ2n) is 4.78. The lowest BCUT2D eigenvalue weighted by molar-refractivity contribution is 0.107. The summed E-state index contributed by atoms with van der Waals surface area (Å²) in [6.07, 6.45) is 4.06. The molecule has 1 aliphatic carbocycles. The molecule has 4 heteroatoms. The van der Waals surface area contributed by atoms with Gasteiger partial charge >= 0.3 is 0 Å². The third-order valence-corrected chi connectivity index (χ3v) is 3.47. The topological polar surface area (TPSA) is 39.1 Å². The molecule has 0 saturated carbocycles. The number of hydrogen-bond donors (Lipinski definition) is 0. The second-order valence-corrected chi connectivity index (χ2v) is 5.12. The molecule has 0 radical (unpaired) electrons. The van der Waals surface area contributed by atoms with Crippen LogP contribution in [0.15, 0.2) is 10.9 Å². The molecule has 0 bridgehead atoms. The molecular weight excluding hydrogens is 238 g/mol. The fourth-order valence-electron chi connectivity index (χ4n) is 2.52. The molecule has 0 saturated heterocycles. The minimum absolute atomic E-state index is 0.0605. The zero-order valence-electron chi connectivity index (χ0n) is 10.1. The van der Waals surface area contributed by atoms with Gasteiger partial charge in [-0.25, -0.2) is 0 Å². The first-order chi connectivity index (χ1) is 8.02. The first-order valence-electron chi connectivity index (χ1n) is 5.99. The molecule has 2 rings (SSSR count). The standard InChI is InChI=1S/C13H16ClNO2/c1-8(2)15-11-6-4-3-5-9(11)7-10(12(14)16)13(15)17/h7-8H,3-6H2,1-2H3. The number of rotatable bonds is 2. The molecule has 1 aromatic rings. The fraction of sp³-hybridized carbons (Fsp3) is 0.538. The molecule has 0 fully saturated rings. The number of fused-ring (bicyclic) bond motifs is 1. The van der Waals surface area contributed by atoms with Gasteiger partial charge in [-0.05, 0) is 62.8 Å². The quantitative estimate of drug-likeness (QED) is 0.760. The lowest BCUT2D eigenvalue weighted by Crippen LogP contribution is -2.31. The Hall–Kier alpha value is -1.09. The van der Waals surface area contributed by atoms with Gasteiger partial charge in [0, 0.05) is 11.7 Å². The number of aromatic nitrogens is 1. The van der Waals surface area contributed by atoms with E-state index in [1.165, 1.54) is 0 Å². The van der Waals surface area contributed by atoms with Crippen LogP contribution in [0.4, 0.5) is 0 Å². The van der Waals surface area contributed by atoms with E-state index in [2.05, 4.69) is 0 Å². The van der Waals surface area contributed by atoms with Crippen LogP contribution in [0.3, 0.4) is 0 Å². The second kappa shape index (κ2) is 4.65. The number of carbonyl (C=O) groups excluding carboxylic acids is 1. The highest BCUT2D eigenvalue weighted by molar-refractivity contribution is 6.67. The zero-order chi connectivity index (χ0) is 12.6. The van der Waals surface area contributed by atoms with E-state index in [1.54, 1.807) is 10.6 Å². The maximum Gasteiger partial charge on any atom is 0.263 e.